The molecule has 2 N–H and O–H groups in total. The molecule has 34 heavy (non-hydrogen) atoms. The summed E-state index contributed by atoms with van der Waals surface area (Å²) < 4.78 is 40.4. The molecule has 198 valence electrons. The fraction of sp³-hybridized carbons (Fsp3) is 0.870. The molecule has 1 aliphatic carbocycles. The van der Waals surface area contributed by atoms with Crippen molar-refractivity contribution < 1.29 is 41.6 Å². The Morgan fingerprint density at radius 1 is 1.12 bits per heavy atom. The van der Waals surface area contributed by atoms with E-state index in [1.807, 2.05) is 6.92 Å². The molecule has 0 aromatic heterocycles. The van der Waals surface area contributed by atoms with E-state index in [9.17, 15) is 27.9 Å². The van der Waals surface area contributed by atoms with Crippen LogP contribution in [0.25, 0.3) is 0 Å². The molecule has 0 radical (unpaired) electrons. The van der Waals surface area contributed by atoms with Crippen LogP contribution in [0, 0.1) is 5.41 Å². The molecule has 1 amide bonds. The molecule has 0 aliphatic heterocycles. The van der Waals surface area contributed by atoms with Crippen molar-refractivity contribution in [3.8, 4) is 0 Å². The van der Waals surface area contributed by atoms with E-state index in [4.69, 9.17) is 13.7 Å². The summed E-state index contributed by atoms with van der Waals surface area (Å²) in [6.07, 6.45) is 4.04. The van der Waals surface area contributed by atoms with Gasteiger partial charge in [-0.05, 0) is 38.5 Å². The number of nitrogens with one attached hydrogen (secondary N) is 1. The lowest BCUT2D eigenvalue weighted by Crippen LogP contribution is -2.48. The van der Waals surface area contributed by atoms with Crippen LogP contribution in [0.15, 0.2) is 0 Å². The number of carbonyl (C=O) groups is 3. The van der Waals surface area contributed by atoms with Crippen LogP contribution in [0.1, 0.15) is 85.5 Å². The smallest absolute Gasteiger partial charge is 0.336 e. The van der Waals surface area contributed by atoms with E-state index in [0.29, 0.717) is 25.7 Å². The van der Waals surface area contributed by atoms with Crippen molar-refractivity contribution in [1.29, 1.82) is 0 Å². The standard InChI is InChI=1S/C23H41NO9S/c1-5-6-11-19(26)31-17-23(12-8-7-9-13-23)33-21(28)20(27)22(3,4)16-32-34(29,30)15-10-14-24-18(2)25/h20,27H,5-17H2,1-4H3,(H,24,25)/t20-/m0/s1. The second-order valence-electron chi connectivity index (χ2n) is 9.68. The van der Waals surface area contributed by atoms with Crippen LogP contribution in [0.3, 0.4) is 0 Å². The molecule has 10 nitrogen and oxygen atoms in total. The van der Waals surface area contributed by atoms with Gasteiger partial charge in [0, 0.05) is 25.3 Å². The quantitative estimate of drug-likeness (QED) is 0.193. The van der Waals surface area contributed by atoms with E-state index in [0.717, 1.165) is 25.7 Å². The molecule has 1 fully saturated rings. The predicted octanol–water partition coefficient (Wildman–Crippen LogP) is 2.23. The van der Waals surface area contributed by atoms with Gasteiger partial charge < -0.3 is 19.9 Å². The lowest BCUT2D eigenvalue weighted by Gasteiger charge is -2.38. The lowest BCUT2D eigenvalue weighted by molar-refractivity contribution is -0.190. The number of ether oxygens (including phenoxy) is 2. The molecular weight excluding hydrogens is 466 g/mol. The van der Waals surface area contributed by atoms with Crippen molar-refractivity contribution >= 4 is 28.0 Å². The van der Waals surface area contributed by atoms with E-state index >= 15 is 0 Å². The van der Waals surface area contributed by atoms with E-state index < -0.39 is 39.8 Å². The van der Waals surface area contributed by atoms with Crippen molar-refractivity contribution in [1.82, 2.24) is 5.32 Å². The van der Waals surface area contributed by atoms with Gasteiger partial charge in [0.1, 0.15) is 12.2 Å². The summed E-state index contributed by atoms with van der Waals surface area (Å²) in [5.41, 5.74) is -2.25. The molecule has 1 atom stereocenters. The topological polar surface area (TPSA) is 145 Å². The van der Waals surface area contributed by atoms with Crippen LogP contribution in [0.4, 0.5) is 0 Å². The predicted molar refractivity (Wildman–Crippen MR) is 125 cm³/mol. The SMILES string of the molecule is CCCCC(=O)OCC1(OC(=O)[C@H](O)C(C)(C)COS(=O)(=O)CCCNC(C)=O)CCCCC1. The van der Waals surface area contributed by atoms with E-state index in [1.54, 1.807) is 0 Å². The Bertz CT molecular complexity index is 773. The van der Waals surface area contributed by atoms with Gasteiger partial charge in [-0.3, -0.25) is 13.8 Å². The second-order valence-corrected chi connectivity index (χ2v) is 11.4. The zero-order valence-corrected chi connectivity index (χ0v) is 21.7. The number of amides is 1. The summed E-state index contributed by atoms with van der Waals surface area (Å²) in [5.74, 6) is -1.81. The first-order chi connectivity index (χ1) is 15.8. The molecule has 0 saturated heterocycles. The number of aliphatic hydroxyl groups is 1. The maximum Gasteiger partial charge on any atom is 0.336 e. The molecule has 11 heteroatoms. The van der Waals surface area contributed by atoms with Gasteiger partial charge in [0.25, 0.3) is 10.1 Å². The summed E-state index contributed by atoms with van der Waals surface area (Å²) in [4.78, 5) is 35.6. The highest BCUT2D eigenvalue weighted by Gasteiger charge is 2.43. The van der Waals surface area contributed by atoms with Gasteiger partial charge in [-0.2, -0.15) is 8.42 Å². The highest BCUT2D eigenvalue weighted by atomic mass is 32.2. The number of aliphatic hydroxyl groups excluding tert-OH is 1. The van der Waals surface area contributed by atoms with Crippen molar-refractivity contribution in [2.24, 2.45) is 5.41 Å². The first-order valence-corrected chi connectivity index (χ1v) is 13.6. The third-order valence-corrected chi connectivity index (χ3v) is 7.10. The molecule has 0 aromatic rings. The number of esters is 2. The molecule has 1 rings (SSSR count). The first-order valence-electron chi connectivity index (χ1n) is 12.0. The molecule has 1 aliphatic rings. The zero-order valence-electron chi connectivity index (χ0n) is 20.9. The van der Waals surface area contributed by atoms with Gasteiger partial charge in [0.2, 0.25) is 5.91 Å². The Morgan fingerprint density at radius 3 is 2.35 bits per heavy atom. The minimum absolute atomic E-state index is 0.0619. The van der Waals surface area contributed by atoms with Crippen LogP contribution in [-0.4, -0.2) is 68.6 Å². The fourth-order valence-corrected chi connectivity index (χ4v) is 4.66. The zero-order chi connectivity index (χ0) is 25.8. The maximum atomic E-state index is 12.8. The largest absolute Gasteiger partial charge is 0.461 e. The molecule has 0 aromatic carbocycles. The first kappa shape index (κ1) is 30.3. The van der Waals surface area contributed by atoms with Crippen LogP contribution in [0.2, 0.25) is 0 Å². The monoisotopic (exact) mass is 507 g/mol. The van der Waals surface area contributed by atoms with Gasteiger partial charge in [-0.1, -0.05) is 33.6 Å². The van der Waals surface area contributed by atoms with E-state index in [1.165, 1.54) is 20.8 Å². The average molecular weight is 508 g/mol. The average Bonchev–Trinajstić information content (AvgIpc) is 2.78. The number of hydrogen-bond acceptors (Lipinski definition) is 9. The van der Waals surface area contributed by atoms with E-state index in [-0.39, 0.29) is 37.2 Å². The highest BCUT2D eigenvalue weighted by Crippen LogP contribution is 2.34. The third kappa shape index (κ3) is 11.1. The molecule has 0 spiro atoms. The summed E-state index contributed by atoms with van der Waals surface area (Å²) in [5, 5.41) is 13.2. The summed E-state index contributed by atoms with van der Waals surface area (Å²) >= 11 is 0. The Kier molecular flexibility index (Phi) is 12.5. The Hall–Kier alpha value is -1.72. The normalized spacial score (nSPS) is 17.0. The number of rotatable bonds is 15. The van der Waals surface area contributed by atoms with Gasteiger partial charge in [-0.25, -0.2) is 4.79 Å². The van der Waals surface area contributed by atoms with Crippen molar-refractivity contribution in [2.75, 3.05) is 25.5 Å². The summed E-state index contributed by atoms with van der Waals surface area (Å²) in [7, 11) is -3.91. The van der Waals surface area contributed by atoms with Gasteiger partial charge in [0.15, 0.2) is 6.10 Å². The van der Waals surface area contributed by atoms with Crippen LogP contribution in [0.5, 0.6) is 0 Å². The third-order valence-electron chi connectivity index (χ3n) is 5.83. The number of unbranched alkanes of at least 4 members (excludes halogenated alkanes) is 1. The second kappa shape index (κ2) is 14.0. The molecule has 0 bridgehead atoms. The van der Waals surface area contributed by atoms with E-state index in [2.05, 4.69) is 5.32 Å². The minimum Gasteiger partial charge on any atom is -0.461 e. The van der Waals surface area contributed by atoms with Gasteiger partial charge >= 0.3 is 11.9 Å². The van der Waals surface area contributed by atoms with Crippen LogP contribution in [-0.2, 0) is 38.2 Å². The summed E-state index contributed by atoms with van der Waals surface area (Å²) in [6.45, 7) is 6.03. The fourth-order valence-electron chi connectivity index (χ4n) is 3.56. The van der Waals surface area contributed by atoms with Crippen LogP contribution >= 0.6 is 0 Å². The molecule has 1 saturated carbocycles. The minimum atomic E-state index is -3.91. The Labute approximate surface area is 203 Å². The lowest BCUT2D eigenvalue weighted by atomic mass is 9.84. The van der Waals surface area contributed by atoms with Gasteiger partial charge in [0.05, 0.1) is 12.4 Å². The molecular formula is C23H41NO9S. The maximum absolute atomic E-state index is 12.8. The molecule has 0 unspecified atom stereocenters. The highest BCUT2D eigenvalue weighted by molar-refractivity contribution is 7.86. The Morgan fingerprint density at radius 2 is 1.76 bits per heavy atom. The number of carbonyl (C=O) groups excluding carboxylic acids is 3. The Balaban J connectivity index is 2.68. The summed E-state index contributed by atoms with van der Waals surface area (Å²) in [6, 6.07) is 0. The molecule has 0 heterocycles. The number of hydrogen-bond donors (Lipinski definition) is 2. The van der Waals surface area contributed by atoms with Crippen molar-refractivity contribution in [3.05, 3.63) is 0 Å². The van der Waals surface area contributed by atoms with Gasteiger partial charge in [-0.15, -0.1) is 0 Å². The van der Waals surface area contributed by atoms with Crippen molar-refractivity contribution in [2.45, 2.75) is 97.2 Å². The van der Waals surface area contributed by atoms with Crippen molar-refractivity contribution in [3.63, 3.8) is 0 Å². The van der Waals surface area contributed by atoms with Crippen LogP contribution < -0.4 is 5.32 Å².